The van der Waals surface area contributed by atoms with Crippen molar-refractivity contribution < 1.29 is 4.55 Å². The van der Waals surface area contributed by atoms with Crippen LogP contribution in [0.25, 0.3) is 10.8 Å². The molecule has 0 heterocycles. The second-order valence-electron chi connectivity index (χ2n) is 4.08. The fraction of sp³-hybridized carbons (Fsp3) is 0.231. The Balaban J connectivity index is 2.47. The van der Waals surface area contributed by atoms with Gasteiger partial charge in [-0.1, -0.05) is 18.2 Å². The predicted octanol–water partition coefficient (Wildman–Crippen LogP) is 4.23. The lowest BCUT2D eigenvalue weighted by Gasteiger charge is -2.11. The van der Waals surface area contributed by atoms with Crippen LogP contribution in [0.4, 0.5) is 5.69 Å². The molecule has 0 atom stereocenters. The molecule has 2 rings (SSSR count). The van der Waals surface area contributed by atoms with Crippen molar-refractivity contribution in [2.45, 2.75) is 24.8 Å². The predicted molar refractivity (Wildman–Crippen MR) is 71.2 cm³/mol. The van der Waals surface area contributed by atoms with E-state index in [1.165, 1.54) is 0 Å². The highest BCUT2D eigenvalue weighted by Gasteiger charge is 2.02. The van der Waals surface area contributed by atoms with E-state index in [2.05, 4.69) is 31.3 Å². The van der Waals surface area contributed by atoms with Gasteiger partial charge in [0, 0.05) is 28.7 Å². The van der Waals surface area contributed by atoms with Crippen LogP contribution in [0.5, 0.6) is 0 Å². The second-order valence-corrected chi connectivity index (χ2v) is 4.70. The van der Waals surface area contributed by atoms with Gasteiger partial charge in [-0.05, 0) is 42.8 Å². The van der Waals surface area contributed by atoms with Crippen molar-refractivity contribution in [3.05, 3.63) is 36.4 Å². The lowest BCUT2D eigenvalue weighted by Crippen LogP contribution is -2.09. The molecule has 0 fully saturated rings. The van der Waals surface area contributed by atoms with E-state index < -0.39 is 0 Å². The van der Waals surface area contributed by atoms with E-state index in [0.717, 1.165) is 33.4 Å². The summed E-state index contributed by atoms with van der Waals surface area (Å²) in [6, 6.07) is 12.5. The van der Waals surface area contributed by atoms with Gasteiger partial charge in [-0.25, -0.2) is 0 Å². The van der Waals surface area contributed by atoms with Crippen LogP contribution in [-0.4, -0.2) is 10.6 Å². The summed E-state index contributed by atoms with van der Waals surface area (Å²) < 4.78 is 9.15. The summed E-state index contributed by atoms with van der Waals surface area (Å²) in [4.78, 5) is 0.897. The van der Waals surface area contributed by atoms with Gasteiger partial charge in [-0.15, -0.1) is 0 Å². The van der Waals surface area contributed by atoms with Crippen LogP contribution in [0.2, 0.25) is 0 Å². The lowest BCUT2D eigenvalue weighted by molar-refractivity contribution is 0.664. The fourth-order valence-corrected chi connectivity index (χ4v) is 2.18. The second kappa shape index (κ2) is 4.76. The fourth-order valence-electron chi connectivity index (χ4n) is 1.76. The minimum atomic E-state index is 0.424. The highest BCUT2D eigenvalue weighted by Crippen LogP contribution is 2.28. The summed E-state index contributed by atoms with van der Waals surface area (Å²) >= 11 is 0.798. The first-order valence-corrected chi connectivity index (χ1v) is 6.09. The maximum absolute atomic E-state index is 9.15. The van der Waals surface area contributed by atoms with Crippen molar-refractivity contribution in [3.8, 4) is 0 Å². The number of rotatable bonds is 3. The number of fused-ring (bicyclic) bond motifs is 1. The standard InChI is InChI=1S/C13H15NOS/c1-9(2)14-11-6-7-12-10(8-11)4-3-5-13(12)16-15/h3-9,14-15H,1-2H3. The van der Waals surface area contributed by atoms with Crippen LogP contribution in [0.1, 0.15) is 13.8 Å². The zero-order valence-corrected chi connectivity index (χ0v) is 10.2. The Bertz CT molecular complexity index is 496. The van der Waals surface area contributed by atoms with Crippen molar-refractivity contribution in [2.24, 2.45) is 0 Å². The Morgan fingerprint density at radius 1 is 1.19 bits per heavy atom. The molecule has 0 bridgehead atoms. The first-order chi connectivity index (χ1) is 7.70. The minimum absolute atomic E-state index is 0.424. The number of benzene rings is 2. The Morgan fingerprint density at radius 3 is 2.69 bits per heavy atom. The van der Waals surface area contributed by atoms with E-state index in [4.69, 9.17) is 4.55 Å². The average molecular weight is 233 g/mol. The smallest absolute Gasteiger partial charge is 0.0429 e. The van der Waals surface area contributed by atoms with Gasteiger partial charge < -0.3 is 9.87 Å². The van der Waals surface area contributed by atoms with Crippen molar-refractivity contribution >= 4 is 28.5 Å². The van der Waals surface area contributed by atoms with Crippen molar-refractivity contribution in [2.75, 3.05) is 5.32 Å². The molecular formula is C13H15NOS. The molecule has 0 unspecified atom stereocenters. The van der Waals surface area contributed by atoms with E-state index in [-0.39, 0.29) is 0 Å². The Kier molecular flexibility index (Phi) is 3.36. The van der Waals surface area contributed by atoms with Crippen LogP contribution in [0, 0.1) is 0 Å². The van der Waals surface area contributed by atoms with E-state index in [0.29, 0.717) is 6.04 Å². The third-order valence-corrected chi connectivity index (χ3v) is 2.95. The molecule has 0 radical (unpaired) electrons. The van der Waals surface area contributed by atoms with E-state index in [1.54, 1.807) is 0 Å². The maximum Gasteiger partial charge on any atom is 0.0429 e. The first kappa shape index (κ1) is 11.3. The molecule has 0 aromatic heterocycles. The number of nitrogens with one attached hydrogen (secondary N) is 1. The Labute approximate surface area is 99.9 Å². The molecule has 0 saturated heterocycles. The minimum Gasteiger partial charge on any atom is -0.383 e. The van der Waals surface area contributed by atoms with Crippen molar-refractivity contribution in [3.63, 3.8) is 0 Å². The molecule has 2 N–H and O–H groups in total. The molecule has 0 amide bonds. The Morgan fingerprint density at radius 2 is 2.00 bits per heavy atom. The highest BCUT2D eigenvalue weighted by atomic mass is 32.2. The molecule has 84 valence electrons. The number of hydrogen-bond donors (Lipinski definition) is 2. The summed E-state index contributed by atoms with van der Waals surface area (Å²) in [7, 11) is 0. The van der Waals surface area contributed by atoms with Crippen LogP contribution < -0.4 is 5.32 Å². The summed E-state index contributed by atoms with van der Waals surface area (Å²) in [6.45, 7) is 4.23. The van der Waals surface area contributed by atoms with Crippen LogP contribution >= 0.6 is 12.0 Å². The van der Waals surface area contributed by atoms with Crippen LogP contribution in [-0.2, 0) is 0 Å². The third-order valence-electron chi connectivity index (χ3n) is 2.39. The molecule has 3 heteroatoms. The van der Waals surface area contributed by atoms with Gasteiger partial charge in [0.1, 0.15) is 0 Å². The molecule has 0 aliphatic rings. The molecule has 0 spiro atoms. The van der Waals surface area contributed by atoms with E-state index >= 15 is 0 Å². The largest absolute Gasteiger partial charge is 0.383 e. The highest BCUT2D eigenvalue weighted by molar-refractivity contribution is 7.94. The molecule has 2 aromatic rings. The molecule has 0 saturated carbocycles. The maximum atomic E-state index is 9.15. The van der Waals surface area contributed by atoms with Gasteiger partial charge in [-0.3, -0.25) is 0 Å². The van der Waals surface area contributed by atoms with Crippen LogP contribution in [0.15, 0.2) is 41.3 Å². The monoisotopic (exact) mass is 233 g/mol. The van der Waals surface area contributed by atoms with Gasteiger partial charge in [0.25, 0.3) is 0 Å². The van der Waals surface area contributed by atoms with Gasteiger partial charge >= 0.3 is 0 Å². The summed E-state index contributed by atoms with van der Waals surface area (Å²) in [5.41, 5.74) is 1.11. The molecule has 16 heavy (non-hydrogen) atoms. The summed E-state index contributed by atoms with van der Waals surface area (Å²) in [5.74, 6) is 0. The summed E-state index contributed by atoms with van der Waals surface area (Å²) in [5, 5.41) is 5.60. The van der Waals surface area contributed by atoms with Gasteiger partial charge in [-0.2, -0.15) is 0 Å². The number of hydrogen-bond acceptors (Lipinski definition) is 3. The zero-order valence-electron chi connectivity index (χ0n) is 9.40. The van der Waals surface area contributed by atoms with Crippen LogP contribution in [0.3, 0.4) is 0 Å². The molecule has 0 aliphatic heterocycles. The van der Waals surface area contributed by atoms with Gasteiger partial charge in [0.2, 0.25) is 0 Å². The normalized spacial score (nSPS) is 11.0. The zero-order chi connectivity index (χ0) is 11.5. The van der Waals surface area contributed by atoms with Gasteiger partial charge in [0.15, 0.2) is 0 Å². The van der Waals surface area contributed by atoms with Gasteiger partial charge in [0.05, 0.1) is 0 Å². The molecule has 0 aliphatic carbocycles. The average Bonchev–Trinajstić information content (AvgIpc) is 2.27. The number of anilines is 1. The van der Waals surface area contributed by atoms with E-state index in [9.17, 15) is 0 Å². The molecule has 2 aromatic carbocycles. The quantitative estimate of drug-likeness (QED) is 0.778. The van der Waals surface area contributed by atoms with E-state index in [1.807, 2.05) is 24.3 Å². The first-order valence-electron chi connectivity index (χ1n) is 5.31. The summed E-state index contributed by atoms with van der Waals surface area (Å²) in [6.07, 6.45) is 0. The lowest BCUT2D eigenvalue weighted by atomic mass is 10.1. The van der Waals surface area contributed by atoms with Crippen molar-refractivity contribution in [1.29, 1.82) is 0 Å². The third kappa shape index (κ3) is 2.31. The molecule has 2 nitrogen and oxygen atoms in total. The topological polar surface area (TPSA) is 32.3 Å². The SMILES string of the molecule is CC(C)Nc1ccc2c(SO)cccc2c1. The Hall–Kier alpha value is -1.19. The van der Waals surface area contributed by atoms with Crippen molar-refractivity contribution in [1.82, 2.24) is 0 Å². The molecular weight excluding hydrogens is 218 g/mol.